The lowest BCUT2D eigenvalue weighted by Gasteiger charge is -2.25. The minimum Gasteiger partial charge on any atom is -0.311 e. The Balaban J connectivity index is 1.86. The molecule has 0 radical (unpaired) electrons. The Labute approximate surface area is 108 Å². The molecule has 17 heavy (non-hydrogen) atoms. The number of hydrogen-bond acceptors (Lipinski definition) is 2. The summed E-state index contributed by atoms with van der Waals surface area (Å²) in [5.41, 5.74) is 1.18. The Morgan fingerprint density at radius 2 is 2.18 bits per heavy atom. The number of halogens is 1. The number of nitrogens with zero attached hydrogens (tertiary/aromatic N) is 2. The molecule has 0 bridgehead atoms. The Morgan fingerprint density at radius 3 is 2.76 bits per heavy atom. The highest BCUT2D eigenvalue weighted by molar-refractivity contribution is 6.31. The van der Waals surface area contributed by atoms with E-state index in [9.17, 15) is 0 Å². The first-order valence-corrected chi connectivity index (χ1v) is 7.00. The molecule has 94 valence electrons. The van der Waals surface area contributed by atoms with E-state index < -0.39 is 0 Å². The maximum absolute atomic E-state index is 6.30. The maximum Gasteiger partial charge on any atom is 0.0834 e. The van der Waals surface area contributed by atoms with Gasteiger partial charge in [0.25, 0.3) is 0 Å². The van der Waals surface area contributed by atoms with Gasteiger partial charge in [0, 0.05) is 6.54 Å². The Hall–Kier alpha value is -0.540. The molecule has 2 aliphatic rings. The lowest BCUT2D eigenvalue weighted by atomic mass is 9.92. The zero-order chi connectivity index (χ0) is 12.0. The third kappa shape index (κ3) is 1.89. The van der Waals surface area contributed by atoms with Crippen LogP contribution in [0.2, 0.25) is 5.02 Å². The Morgan fingerprint density at radius 1 is 1.47 bits per heavy atom. The van der Waals surface area contributed by atoms with E-state index in [-0.39, 0.29) is 0 Å². The number of aromatic nitrogens is 2. The van der Waals surface area contributed by atoms with Crippen LogP contribution in [0.15, 0.2) is 6.20 Å². The summed E-state index contributed by atoms with van der Waals surface area (Å²) in [6.07, 6.45) is 5.97. The van der Waals surface area contributed by atoms with E-state index in [4.69, 9.17) is 11.6 Å². The Kier molecular flexibility index (Phi) is 2.91. The molecule has 1 N–H and O–H groups in total. The van der Waals surface area contributed by atoms with E-state index in [1.54, 1.807) is 6.20 Å². The molecule has 2 aliphatic carbocycles. The van der Waals surface area contributed by atoms with Crippen LogP contribution < -0.4 is 5.32 Å². The molecule has 3 nitrogen and oxygen atoms in total. The van der Waals surface area contributed by atoms with E-state index >= 15 is 0 Å². The molecule has 1 aromatic heterocycles. The van der Waals surface area contributed by atoms with Gasteiger partial charge in [-0.2, -0.15) is 5.10 Å². The summed E-state index contributed by atoms with van der Waals surface area (Å²) < 4.78 is 2.04. The lowest BCUT2D eigenvalue weighted by Crippen LogP contribution is -2.27. The molecule has 2 saturated carbocycles. The zero-order valence-electron chi connectivity index (χ0n) is 10.5. The third-order valence-electron chi connectivity index (χ3n) is 4.49. The van der Waals surface area contributed by atoms with Crippen molar-refractivity contribution in [2.24, 2.45) is 17.8 Å². The minimum absolute atomic E-state index is 0.373. The van der Waals surface area contributed by atoms with Crippen LogP contribution in [-0.4, -0.2) is 16.8 Å². The lowest BCUT2D eigenvalue weighted by molar-refractivity contribution is 0.340. The molecule has 1 heterocycles. The average molecular weight is 254 g/mol. The molecule has 3 atom stereocenters. The van der Waals surface area contributed by atoms with Gasteiger partial charge in [0.2, 0.25) is 0 Å². The van der Waals surface area contributed by atoms with Gasteiger partial charge in [0.1, 0.15) is 0 Å². The van der Waals surface area contributed by atoms with E-state index in [2.05, 4.69) is 17.3 Å². The second kappa shape index (κ2) is 4.29. The molecule has 4 heteroatoms. The topological polar surface area (TPSA) is 29.9 Å². The van der Waals surface area contributed by atoms with Crippen molar-refractivity contribution in [2.75, 3.05) is 7.05 Å². The SMILES string of the molecule is CCn1ncc(Cl)c1C(NC)C1CC2CC2C1. The van der Waals surface area contributed by atoms with Crippen LogP contribution in [0, 0.1) is 17.8 Å². The Bertz CT molecular complexity index is 405. The van der Waals surface area contributed by atoms with Crippen molar-refractivity contribution in [1.29, 1.82) is 0 Å². The highest BCUT2D eigenvalue weighted by Crippen LogP contribution is 2.57. The van der Waals surface area contributed by atoms with Gasteiger partial charge in [-0.25, -0.2) is 0 Å². The first-order chi connectivity index (χ1) is 8.24. The monoisotopic (exact) mass is 253 g/mol. The second-order valence-electron chi connectivity index (χ2n) is 5.45. The molecule has 0 amide bonds. The zero-order valence-corrected chi connectivity index (χ0v) is 11.2. The maximum atomic E-state index is 6.30. The van der Waals surface area contributed by atoms with Gasteiger partial charge in [-0.15, -0.1) is 0 Å². The molecule has 1 aromatic rings. The van der Waals surface area contributed by atoms with Gasteiger partial charge in [0.15, 0.2) is 0 Å². The van der Waals surface area contributed by atoms with Gasteiger partial charge < -0.3 is 5.32 Å². The smallest absolute Gasteiger partial charge is 0.0834 e. The van der Waals surface area contributed by atoms with Crippen molar-refractivity contribution in [3.05, 3.63) is 16.9 Å². The molecule has 0 spiro atoms. The first-order valence-electron chi connectivity index (χ1n) is 6.63. The molecular weight excluding hydrogens is 234 g/mol. The van der Waals surface area contributed by atoms with Crippen LogP contribution >= 0.6 is 11.6 Å². The fraction of sp³-hybridized carbons (Fsp3) is 0.769. The van der Waals surface area contributed by atoms with Crippen molar-refractivity contribution < 1.29 is 0 Å². The van der Waals surface area contributed by atoms with Gasteiger partial charge in [0.05, 0.1) is 23.0 Å². The molecule has 0 aliphatic heterocycles. The molecular formula is C13H20ClN3. The summed E-state index contributed by atoms with van der Waals surface area (Å²) in [5, 5.41) is 8.62. The van der Waals surface area contributed by atoms with E-state index in [1.165, 1.54) is 25.0 Å². The number of nitrogens with one attached hydrogen (secondary N) is 1. The van der Waals surface area contributed by atoms with E-state index in [1.807, 2.05) is 11.7 Å². The van der Waals surface area contributed by atoms with Crippen molar-refractivity contribution in [3.8, 4) is 0 Å². The highest BCUT2D eigenvalue weighted by atomic mass is 35.5. The summed E-state index contributed by atoms with van der Waals surface area (Å²) in [6, 6.07) is 0.373. The molecule has 0 saturated heterocycles. The summed E-state index contributed by atoms with van der Waals surface area (Å²) in [4.78, 5) is 0. The van der Waals surface area contributed by atoms with Crippen LogP contribution in [0.5, 0.6) is 0 Å². The quantitative estimate of drug-likeness (QED) is 0.894. The average Bonchev–Trinajstić information content (AvgIpc) is 2.78. The van der Waals surface area contributed by atoms with E-state index in [0.29, 0.717) is 6.04 Å². The van der Waals surface area contributed by atoms with Crippen molar-refractivity contribution in [1.82, 2.24) is 15.1 Å². The number of hydrogen-bond donors (Lipinski definition) is 1. The summed E-state index contributed by atoms with van der Waals surface area (Å²) in [5.74, 6) is 2.75. The van der Waals surface area contributed by atoms with Gasteiger partial charge in [-0.1, -0.05) is 11.6 Å². The number of fused-ring (bicyclic) bond motifs is 1. The summed E-state index contributed by atoms with van der Waals surface area (Å²) in [6.45, 7) is 3.01. The molecule has 3 unspecified atom stereocenters. The number of rotatable bonds is 4. The van der Waals surface area contributed by atoms with Crippen molar-refractivity contribution in [2.45, 2.75) is 38.8 Å². The second-order valence-corrected chi connectivity index (χ2v) is 5.85. The van der Waals surface area contributed by atoms with Gasteiger partial charge in [-0.3, -0.25) is 4.68 Å². The largest absolute Gasteiger partial charge is 0.311 e. The fourth-order valence-corrected chi connectivity index (χ4v) is 3.82. The minimum atomic E-state index is 0.373. The van der Waals surface area contributed by atoms with Crippen LogP contribution in [0.1, 0.15) is 37.9 Å². The fourth-order valence-electron chi connectivity index (χ4n) is 3.56. The predicted octanol–water partition coefficient (Wildman–Crippen LogP) is 2.86. The first kappa shape index (κ1) is 11.5. The number of aryl methyl sites for hydroxylation is 1. The normalized spacial score (nSPS) is 32.5. The summed E-state index contributed by atoms with van der Waals surface area (Å²) >= 11 is 6.30. The molecule has 3 rings (SSSR count). The van der Waals surface area contributed by atoms with Gasteiger partial charge >= 0.3 is 0 Å². The standard InChI is InChI=1S/C13H20ClN3/c1-3-17-13(11(14)7-16-17)12(15-2)10-5-8-4-9(8)6-10/h7-10,12,15H,3-6H2,1-2H3. The summed E-state index contributed by atoms with van der Waals surface area (Å²) in [7, 11) is 2.04. The van der Waals surface area contributed by atoms with Crippen molar-refractivity contribution >= 4 is 11.6 Å². The van der Waals surface area contributed by atoms with Crippen LogP contribution in [0.25, 0.3) is 0 Å². The van der Waals surface area contributed by atoms with Crippen molar-refractivity contribution in [3.63, 3.8) is 0 Å². The molecule has 2 fully saturated rings. The van der Waals surface area contributed by atoms with E-state index in [0.717, 1.165) is 29.3 Å². The highest BCUT2D eigenvalue weighted by Gasteiger charge is 2.48. The molecule has 0 aromatic carbocycles. The van der Waals surface area contributed by atoms with Crippen LogP contribution in [0.4, 0.5) is 0 Å². The predicted molar refractivity (Wildman–Crippen MR) is 69.0 cm³/mol. The van der Waals surface area contributed by atoms with Gasteiger partial charge in [-0.05, 0) is 51.0 Å². The van der Waals surface area contributed by atoms with Crippen LogP contribution in [-0.2, 0) is 6.54 Å². The third-order valence-corrected chi connectivity index (χ3v) is 4.78. The van der Waals surface area contributed by atoms with Crippen LogP contribution in [0.3, 0.4) is 0 Å².